The zero-order chi connectivity index (χ0) is 18.5. The zero-order valence-corrected chi connectivity index (χ0v) is 15.6. The quantitative estimate of drug-likeness (QED) is 0.635. The van der Waals surface area contributed by atoms with Gasteiger partial charge in [0.1, 0.15) is 5.17 Å². The molecule has 5 heteroatoms. The van der Waals surface area contributed by atoms with Crippen molar-refractivity contribution in [2.45, 2.75) is 26.2 Å². The van der Waals surface area contributed by atoms with E-state index in [1.807, 2.05) is 19.1 Å². The lowest BCUT2D eigenvalue weighted by Crippen LogP contribution is -2.30. The maximum absolute atomic E-state index is 12.4. The molecule has 134 valence electrons. The van der Waals surface area contributed by atoms with Gasteiger partial charge in [0.05, 0.1) is 13.0 Å². The van der Waals surface area contributed by atoms with Crippen molar-refractivity contribution in [3.05, 3.63) is 70.6 Å². The van der Waals surface area contributed by atoms with Gasteiger partial charge in [-0.15, -0.1) is 5.73 Å². The van der Waals surface area contributed by atoms with Gasteiger partial charge in [0.2, 0.25) is 0 Å². The summed E-state index contributed by atoms with van der Waals surface area (Å²) in [6, 6.07) is 8.35. The molecule has 26 heavy (non-hydrogen) atoms. The fourth-order valence-corrected chi connectivity index (χ4v) is 3.31. The number of amides is 1. The summed E-state index contributed by atoms with van der Waals surface area (Å²) in [6.45, 7) is 1.82. The molecule has 0 fully saturated rings. The van der Waals surface area contributed by atoms with Crippen molar-refractivity contribution >= 4 is 28.3 Å². The Morgan fingerprint density at radius 2 is 2.19 bits per heavy atom. The molecule has 1 heterocycles. The molecule has 1 amide bonds. The van der Waals surface area contributed by atoms with Gasteiger partial charge >= 0.3 is 0 Å². The molecule has 0 aromatic heterocycles. The van der Waals surface area contributed by atoms with Crippen molar-refractivity contribution in [1.29, 1.82) is 0 Å². The van der Waals surface area contributed by atoms with Gasteiger partial charge in [0, 0.05) is 18.2 Å². The number of allylic oxidation sites excluding steroid dienone is 3. The Bertz CT molecular complexity index is 874. The Hall–Kier alpha value is -2.39. The van der Waals surface area contributed by atoms with Crippen LogP contribution in [0.25, 0.3) is 5.57 Å². The van der Waals surface area contributed by atoms with Crippen molar-refractivity contribution in [1.82, 2.24) is 5.48 Å². The van der Waals surface area contributed by atoms with Gasteiger partial charge in [0.15, 0.2) is 0 Å². The van der Waals surface area contributed by atoms with Gasteiger partial charge in [-0.1, -0.05) is 41.9 Å². The Kier molecular flexibility index (Phi) is 5.89. The van der Waals surface area contributed by atoms with Gasteiger partial charge < -0.3 is 0 Å². The average Bonchev–Trinajstić information content (AvgIpc) is 2.64. The first-order valence-electron chi connectivity index (χ1n) is 8.61. The number of carbonyl (C=O) groups excluding carboxylic acids is 1. The lowest BCUT2D eigenvalue weighted by atomic mass is 9.81. The number of aryl methyl sites for hydroxylation is 1. The predicted molar refractivity (Wildman–Crippen MR) is 105 cm³/mol. The second-order valence-electron chi connectivity index (χ2n) is 6.22. The van der Waals surface area contributed by atoms with Crippen molar-refractivity contribution in [3.8, 4) is 0 Å². The van der Waals surface area contributed by atoms with Gasteiger partial charge in [0.25, 0.3) is 5.91 Å². The number of rotatable bonds is 4. The smallest absolute Gasteiger partial charge is 0.250 e. The van der Waals surface area contributed by atoms with Crippen LogP contribution in [0.5, 0.6) is 0 Å². The third kappa shape index (κ3) is 3.88. The number of nitrogens with one attached hydrogen (secondary N) is 1. The number of hydrogen-bond acceptors (Lipinski definition) is 3. The summed E-state index contributed by atoms with van der Waals surface area (Å²) in [4.78, 5) is 21.5. The number of fused-ring (bicyclic) bond motifs is 1. The molecule has 2 aliphatic rings. The molecule has 1 aliphatic heterocycles. The molecule has 0 unspecified atom stereocenters. The number of nitrogens with zero attached hydrogens (tertiary/aromatic N) is 1. The number of hydroxylamine groups is 1. The summed E-state index contributed by atoms with van der Waals surface area (Å²) in [5.41, 5.74) is 11.0. The zero-order valence-electron chi connectivity index (χ0n) is 14.9. The highest BCUT2D eigenvalue weighted by molar-refractivity contribution is 6.65. The average molecular weight is 369 g/mol. The Morgan fingerprint density at radius 1 is 1.38 bits per heavy atom. The SMILES string of the molecule is CONC(=O)[C@@H](C)C1=CN=C(Cl)CC=C=C1C1=CCCc2ccccc21. The van der Waals surface area contributed by atoms with Crippen LogP contribution in [0.15, 0.2) is 64.5 Å². The van der Waals surface area contributed by atoms with E-state index in [1.54, 1.807) is 6.20 Å². The highest BCUT2D eigenvalue weighted by Gasteiger charge is 2.26. The summed E-state index contributed by atoms with van der Waals surface area (Å²) < 4.78 is 0. The van der Waals surface area contributed by atoms with Crippen molar-refractivity contribution < 1.29 is 9.63 Å². The van der Waals surface area contributed by atoms with Crippen molar-refractivity contribution in [3.63, 3.8) is 0 Å². The molecular weight excluding hydrogens is 348 g/mol. The van der Waals surface area contributed by atoms with Crippen LogP contribution in [0.2, 0.25) is 0 Å². The molecule has 1 atom stereocenters. The van der Waals surface area contributed by atoms with E-state index >= 15 is 0 Å². The normalized spacial score (nSPS) is 17.7. The molecule has 1 N–H and O–H groups in total. The topological polar surface area (TPSA) is 50.7 Å². The monoisotopic (exact) mass is 368 g/mol. The van der Waals surface area contributed by atoms with Gasteiger partial charge in [-0.3, -0.25) is 9.63 Å². The van der Waals surface area contributed by atoms with Crippen LogP contribution in [0.3, 0.4) is 0 Å². The van der Waals surface area contributed by atoms with Gasteiger partial charge in [-0.25, -0.2) is 10.5 Å². The lowest BCUT2D eigenvalue weighted by molar-refractivity contribution is -0.133. The Labute approximate surface area is 158 Å². The summed E-state index contributed by atoms with van der Waals surface area (Å²) >= 11 is 6.10. The molecule has 0 saturated heterocycles. The van der Waals surface area contributed by atoms with E-state index in [2.05, 4.69) is 40.5 Å². The number of halogens is 1. The first-order chi connectivity index (χ1) is 12.6. The fraction of sp³-hybridized carbons (Fsp3) is 0.286. The molecular formula is C21H21ClN2O2. The van der Waals surface area contributed by atoms with Gasteiger partial charge in [-0.05, 0) is 48.1 Å². The maximum Gasteiger partial charge on any atom is 0.250 e. The summed E-state index contributed by atoms with van der Waals surface area (Å²) in [5.74, 6) is -0.707. The van der Waals surface area contributed by atoms with E-state index in [9.17, 15) is 4.79 Å². The molecule has 0 saturated carbocycles. The van der Waals surface area contributed by atoms with E-state index in [1.165, 1.54) is 18.2 Å². The number of hydrogen-bond donors (Lipinski definition) is 1. The molecule has 3 rings (SSSR count). The first-order valence-corrected chi connectivity index (χ1v) is 8.99. The minimum absolute atomic E-state index is 0.241. The molecule has 4 nitrogen and oxygen atoms in total. The third-order valence-corrected chi connectivity index (χ3v) is 4.80. The number of carbonyl (C=O) groups is 1. The standard InChI is InChI=1S/C21H21ClN2O2/c1-14(21(25)24-26-2)19-13-23-20(22)12-6-11-18(19)17-10-5-8-15-7-3-4-9-16(15)17/h3-4,6-7,9-10,13-14H,5,8,12H2,1-2H3,(H,24,25)/t11?,14-/m0/s1. The van der Waals surface area contributed by atoms with Gasteiger partial charge in [-0.2, -0.15) is 0 Å². The van der Waals surface area contributed by atoms with Crippen molar-refractivity contribution in [2.75, 3.05) is 7.11 Å². The highest BCUT2D eigenvalue weighted by atomic mass is 35.5. The minimum atomic E-state index is -0.466. The minimum Gasteiger partial charge on any atom is -0.277 e. The van der Waals surface area contributed by atoms with Crippen LogP contribution in [0.1, 0.15) is 30.9 Å². The molecule has 0 radical (unpaired) electrons. The molecule has 1 aromatic carbocycles. The number of benzene rings is 1. The number of aliphatic imine (C=N–C) groups is 1. The summed E-state index contributed by atoms with van der Waals surface area (Å²) in [7, 11) is 1.42. The molecule has 0 spiro atoms. The second-order valence-corrected chi connectivity index (χ2v) is 6.66. The van der Waals surface area contributed by atoms with E-state index in [-0.39, 0.29) is 5.91 Å². The summed E-state index contributed by atoms with van der Waals surface area (Å²) in [5, 5.41) is 0.464. The molecule has 0 bridgehead atoms. The molecule has 1 aliphatic carbocycles. The van der Waals surface area contributed by atoms with Crippen LogP contribution >= 0.6 is 11.6 Å². The van der Waals surface area contributed by atoms with Crippen LogP contribution in [0.4, 0.5) is 0 Å². The summed E-state index contributed by atoms with van der Waals surface area (Å²) in [6.07, 6.45) is 8.23. The predicted octanol–water partition coefficient (Wildman–Crippen LogP) is 4.34. The first kappa shape index (κ1) is 18.4. The van der Waals surface area contributed by atoms with Crippen LogP contribution in [-0.4, -0.2) is 18.2 Å². The van der Waals surface area contributed by atoms with Crippen LogP contribution in [0, 0.1) is 5.92 Å². The fourth-order valence-electron chi connectivity index (χ4n) is 3.19. The maximum atomic E-state index is 12.4. The van der Waals surface area contributed by atoms with E-state index in [0.29, 0.717) is 11.6 Å². The largest absolute Gasteiger partial charge is 0.277 e. The molecule has 1 aromatic rings. The van der Waals surface area contributed by atoms with Crippen LogP contribution in [-0.2, 0) is 16.1 Å². The van der Waals surface area contributed by atoms with Crippen LogP contribution < -0.4 is 5.48 Å². The highest BCUT2D eigenvalue weighted by Crippen LogP contribution is 2.37. The Morgan fingerprint density at radius 3 is 3.00 bits per heavy atom. The Balaban J connectivity index is 2.09. The van der Waals surface area contributed by atoms with E-state index < -0.39 is 5.92 Å². The van der Waals surface area contributed by atoms with E-state index in [0.717, 1.165) is 29.6 Å². The lowest BCUT2D eigenvalue weighted by Gasteiger charge is -2.23. The third-order valence-electron chi connectivity index (χ3n) is 4.55. The second kappa shape index (κ2) is 8.33. The van der Waals surface area contributed by atoms with E-state index in [4.69, 9.17) is 16.4 Å². The van der Waals surface area contributed by atoms with Crippen molar-refractivity contribution in [2.24, 2.45) is 10.9 Å².